The lowest BCUT2D eigenvalue weighted by Crippen LogP contribution is -2.17. The predicted molar refractivity (Wildman–Crippen MR) is 131 cm³/mol. The Balaban J connectivity index is 1.95. The molecule has 0 fully saturated rings. The Morgan fingerprint density at radius 3 is 2.48 bits per heavy atom. The van der Waals surface area contributed by atoms with Crippen molar-refractivity contribution in [2.75, 3.05) is 13.2 Å². The van der Waals surface area contributed by atoms with Crippen LogP contribution in [0.4, 0.5) is 0 Å². The number of ether oxygens (including phenoxy) is 2. The number of amides is 1. The molecule has 1 N–H and O–H groups in total. The van der Waals surface area contributed by atoms with Gasteiger partial charge in [-0.1, -0.05) is 50.6 Å². The summed E-state index contributed by atoms with van der Waals surface area (Å²) < 4.78 is 12.5. The number of nitrogens with zero attached hydrogens (tertiary/aromatic N) is 1. The van der Waals surface area contributed by atoms with Crippen molar-refractivity contribution in [3.05, 3.63) is 57.0 Å². The lowest BCUT2D eigenvalue weighted by Gasteiger charge is -2.14. The Labute approximate surface area is 198 Å². The summed E-state index contributed by atoms with van der Waals surface area (Å²) in [6.07, 6.45) is 8.83. The molecule has 0 radical (unpaired) electrons. The van der Waals surface area contributed by atoms with Crippen LogP contribution in [0.2, 0.25) is 5.02 Å². The zero-order valence-electron chi connectivity index (χ0n) is 18.1. The van der Waals surface area contributed by atoms with E-state index in [9.17, 15) is 4.79 Å². The van der Waals surface area contributed by atoms with E-state index in [4.69, 9.17) is 21.1 Å². The van der Waals surface area contributed by atoms with Crippen LogP contribution in [0.1, 0.15) is 68.3 Å². The van der Waals surface area contributed by atoms with Gasteiger partial charge in [-0.05, 0) is 71.2 Å². The van der Waals surface area contributed by atoms with Crippen molar-refractivity contribution in [2.24, 2.45) is 5.10 Å². The van der Waals surface area contributed by atoms with Crippen LogP contribution in [-0.2, 0) is 0 Å². The number of carbonyl (C=O) groups is 1. The molecule has 0 spiro atoms. The molecule has 0 aliphatic rings. The monoisotopic (exact) mass is 508 g/mol. The number of halogens is 2. The van der Waals surface area contributed by atoms with E-state index in [-0.39, 0.29) is 5.91 Å². The molecule has 0 bridgehead atoms. The van der Waals surface area contributed by atoms with Gasteiger partial charge in [0.25, 0.3) is 5.91 Å². The number of nitrogens with one attached hydrogen (secondary N) is 1. The first kappa shape index (κ1) is 25.2. The SMILES string of the molecule is CCCCCCCCOc1c(Br)cc(/C=N/NC(=O)c2ccc(Cl)cc2)cc1OCC. The van der Waals surface area contributed by atoms with Gasteiger partial charge in [-0.15, -0.1) is 0 Å². The van der Waals surface area contributed by atoms with E-state index < -0.39 is 0 Å². The fourth-order valence-corrected chi connectivity index (χ4v) is 3.65. The van der Waals surface area contributed by atoms with Gasteiger partial charge in [0.05, 0.1) is 23.9 Å². The zero-order chi connectivity index (χ0) is 22.5. The Morgan fingerprint density at radius 2 is 1.77 bits per heavy atom. The fourth-order valence-electron chi connectivity index (χ4n) is 2.95. The summed E-state index contributed by atoms with van der Waals surface area (Å²) in [5.41, 5.74) is 3.77. The average molecular weight is 510 g/mol. The standard InChI is InChI=1S/C24H30BrClN2O3/c1-3-5-6-7-8-9-14-31-23-21(25)15-18(16-22(23)30-4-2)17-27-28-24(29)19-10-12-20(26)13-11-19/h10-13,15-17H,3-9,14H2,1-2H3,(H,28,29)/b27-17+. The van der Waals surface area contributed by atoms with Gasteiger partial charge in [0.2, 0.25) is 0 Å². The van der Waals surface area contributed by atoms with Gasteiger partial charge in [0.1, 0.15) is 0 Å². The Bertz CT molecular complexity index is 857. The molecule has 0 heterocycles. The molecule has 7 heteroatoms. The van der Waals surface area contributed by atoms with Crippen LogP contribution in [0.15, 0.2) is 46.0 Å². The molecule has 0 saturated heterocycles. The van der Waals surface area contributed by atoms with Crippen molar-refractivity contribution in [3.8, 4) is 11.5 Å². The first-order valence-corrected chi connectivity index (χ1v) is 11.9. The highest BCUT2D eigenvalue weighted by atomic mass is 79.9. The molecule has 2 aromatic carbocycles. The van der Waals surface area contributed by atoms with Crippen molar-refractivity contribution in [1.29, 1.82) is 0 Å². The van der Waals surface area contributed by atoms with Crippen molar-refractivity contribution in [3.63, 3.8) is 0 Å². The van der Waals surface area contributed by atoms with Gasteiger partial charge in [0.15, 0.2) is 11.5 Å². The van der Waals surface area contributed by atoms with E-state index >= 15 is 0 Å². The third-order valence-corrected chi connectivity index (χ3v) is 5.40. The van der Waals surface area contributed by atoms with Crippen LogP contribution in [-0.4, -0.2) is 25.3 Å². The number of unbranched alkanes of at least 4 members (excludes halogenated alkanes) is 5. The topological polar surface area (TPSA) is 59.9 Å². The Morgan fingerprint density at radius 1 is 1.06 bits per heavy atom. The largest absolute Gasteiger partial charge is 0.490 e. The summed E-state index contributed by atoms with van der Waals surface area (Å²) >= 11 is 9.42. The first-order chi connectivity index (χ1) is 15.0. The van der Waals surface area contributed by atoms with Gasteiger partial charge in [-0.25, -0.2) is 5.43 Å². The summed E-state index contributed by atoms with van der Waals surface area (Å²) in [5.74, 6) is 1.03. The highest BCUT2D eigenvalue weighted by Crippen LogP contribution is 2.36. The maximum atomic E-state index is 12.1. The lowest BCUT2D eigenvalue weighted by molar-refractivity contribution is 0.0955. The van der Waals surface area contributed by atoms with Crippen molar-refractivity contribution < 1.29 is 14.3 Å². The lowest BCUT2D eigenvalue weighted by atomic mass is 10.1. The summed E-state index contributed by atoms with van der Waals surface area (Å²) in [7, 11) is 0. The van der Waals surface area contributed by atoms with E-state index in [1.165, 1.54) is 32.1 Å². The normalized spacial score (nSPS) is 11.0. The molecule has 0 aliphatic heterocycles. The molecule has 0 atom stereocenters. The quantitative estimate of drug-likeness (QED) is 0.179. The Kier molecular flexibility index (Phi) is 11.5. The van der Waals surface area contributed by atoms with Gasteiger partial charge in [0, 0.05) is 10.6 Å². The number of hydrogen-bond donors (Lipinski definition) is 1. The van der Waals surface area contributed by atoms with Gasteiger partial charge in [-0.3, -0.25) is 4.79 Å². The minimum atomic E-state index is -0.309. The number of benzene rings is 2. The number of hydrogen-bond acceptors (Lipinski definition) is 4. The summed E-state index contributed by atoms with van der Waals surface area (Å²) in [6, 6.07) is 10.4. The highest BCUT2D eigenvalue weighted by Gasteiger charge is 2.12. The maximum absolute atomic E-state index is 12.1. The number of rotatable bonds is 13. The molecular formula is C24H30BrClN2O3. The van der Waals surface area contributed by atoms with Gasteiger partial charge >= 0.3 is 0 Å². The van der Waals surface area contributed by atoms with Crippen LogP contribution in [0.25, 0.3) is 0 Å². The van der Waals surface area contributed by atoms with E-state index in [1.807, 2.05) is 19.1 Å². The zero-order valence-corrected chi connectivity index (χ0v) is 20.5. The van der Waals surface area contributed by atoms with E-state index in [0.29, 0.717) is 35.3 Å². The molecule has 0 saturated carbocycles. The van der Waals surface area contributed by atoms with Crippen molar-refractivity contribution in [1.82, 2.24) is 5.43 Å². The van der Waals surface area contributed by atoms with Gasteiger partial charge < -0.3 is 9.47 Å². The third kappa shape index (κ3) is 8.91. The third-order valence-electron chi connectivity index (χ3n) is 4.56. The number of hydrazone groups is 1. The van der Waals surface area contributed by atoms with Crippen LogP contribution in [0.3, 0.4) is 0 Å². The second kappa shape index (κ2) is 14.1. The molecule has 1 amide bonds. The molecule has 0 unspecified atom stereocenters. The van der Waals surface area contributed by atoms with E-state index in [1.54, 1.807) is 30.5 Å². The first-order valence-electron chi connectivity index (χ1n) is 10.7. The molecule has 2 rings (SSSR count). The van der Waals surface area contributed by atoms with Crippen molar-refractivity contribution in [2.45, 2.75) is 52.4 Å². The van der Waals surface area contributed by atoms with Crippen LogP contribution < -0.4 is 14.9 Å². The van der Waals surface area contributed by atoms with Crippen LogP contribution in [0.5, 0.6) is 11.5 Å². The molecule has 2 aromatic rings. The summed E-state index contributed by atoms with van der Waals surface area (Å²) in [5, 5.41) is 4.62. The summed E-state index contributed by atoms with van der Waals surface area (Å²) in [4.78, 5) is 12.1. The summed E-state index contributed by atoms with van der Waals surface area (Å²) in [6.45, 7) is 5.32. The van der Waals surface area contributed by atoms with Crippen molar-refractivity contribution >= 4 is 39.7 Å². The van der Waals surface area contributed by atoms with E-state index in [0.717, 1.165) is 16.5 Å². The van der Waals surface area contributed by atoms with Crippen LogP contribution in [0, 0.1) is 0 Å². The molecule has 5 nitrogen and oxygen atoms in total. The fraction of sp³-hybridized carbons (Fsp3) is 0.417. The molecule has 168 valence electrons. The van der Waals surface area contributed by atoms with E-state index in [2.05, 4.69) is 33.4 Å². The predicted octanol–water partition coefficient (Wildman–Crippen LogP) is 7.00. The minimum absolute atomic E-state index is 0.309. The minimum Gasteiger partial charge on any atom is -0.490 e. The second-order valence-corrected chi connectivity index (χ2v) is 8.38. The highest BCUT2D eigenvalue weighted by molar-refractivity contribution is 9.10. The number of carbonyl (C=O) groups excluding carboxylic acids is 1. The maximum Gasteiger partial charge on any atom is 0.271 e. The van der Waals surface area contributed by atoms with Crippen LogP contribution >= 0.6 is 27.5 Å². The Hall–Kier alpha value is -2.05. The molecule has 0 aliphatic carbocycles. The molecule has 31 heavy (non-hydrogen) atoms. The smallest absolute Gasteiger partial charge is 0.271 e. The second-order valence-electron chi connectivity index (χ2n) is 7.09. The van der Waals surface area contributed by atoms with Gasteiger partial charge in [-0.2, -0.15) is 5.10 Å². The molecule has 0 aromatic heterocycles. The molecular weight excluding hydrogens is 480 g/mol. The average Bonchev–Trinajstić information content (AvgIpc) is 2.75.